The van der Waals surface area contributed by atoms with Crippen LogP contribution in [0.5, 0.6) is 0 Å². The summed E-state index contributed by atoms with van der Waals surface area (Å²) in [5, 5.41) is 4.57. The number of aromatic nitrogens is 1. The van der Waals surface area contributed by atoms with Crippen LogP contribution in [-0.2, 0) is 0 Å². The molecule has 1 unspecified atom stereocenters. The molecular weight excluding hydrogens is 325 g/mol. The molecular formula is C15H17Cl2N3O2. The second-order valence-electron chi connectivity index (χ2n) is 5.23. The fourth-order valence-electron chi connectivity index (χ4n) is 2.53. The number of halogens is 2. The van der Waals surface area contributed by atoms with Crippen LogP contribution in [0.1, 0.15) is 17.0 Å². The predicted molar refractivity (Wildman–Crippen MR) is 87.3 cm³/mol. The third-order valence-electron chi connectivity index (χ3n) is 3.75. The van der Waals surface area contributed by atoms with Gasteiger partial charge in [0.2, 0.25) is 5.76 Å². The lowest BCUT2D eigenvalue weighted by molar-refractivity contribution is 0.0746. The largest absolute Gasteiger partial charge is 0.350 e. The minimum absolute atomic E-state index is 0. The molecule has 1 aliphatic rings. The molecule has 7 heteroatoms. The van der Waals surface area contributed by atoms with Crippen molar-refractivity contribution in [1.29, 1.82) is 0 Å². The first-order valence-electron chi connectivity index (χ1n) is 6.89. The summed E-state index contributed by atoms with van der Waals surface area (Å²) in [4.78, 5) is 14.1. The van der Waals surface area contributed by atoms with Crippen LogP contribution < -0.4 is 5.73 Å². The fraction of sp³-hybridized carbons (Fsp3) is 0.333. The van der Waals surface area contributed by atoms with Gasteiger partial charge in [-0.25, -0.2) is 0 Å². The van der Waals surface area contributed by atoms with Gasteiger partial charge in [-0.2, -0.15) is 0 Å². The molecule has 2 heterocycles. The van der Waals surface area contributed by atoms with Crippen molar-refractivity contribution < 1.29 is 9.32 Å². The Hall–Kier alpha value is -1.56. The summed E-state index contributed by atoms with van der Waals surface area (Å²) >= 11 is 5.95. The Balaban J connectivity index is 0.00000176. The topological polar surface area (TPSA) is 72.4 Å². The number of nitrogens with zero attached hydrogens (tertiary/aromatic N) is 2. The zero-order valence-electron chi connectivity index (χ0n) is 11.9. The van der Waals surface area contributed by atoms with Crippen molar-refractivity contribution in [2.24, 2.45) is 11.7 Å². The van der Waals surface area contributed by atoms with E-state index in [-0.39, 0.29) is 24.1 Å². The molecule has 0 saturated carbocycles. The van der Waals surface area contributed by atoms with Crippen LogP contribution in [0.3, 0.4) is 0 Å². The third-order valence-corrected chi connectivity index (χ3v) is 3.98. The maximum absolute atomic E-state index is 12.3. The van der Waals surface area contributed by atoms with Crippen LogP contribution in [-0.4, -0.2) is 35.6 Å². The lowest BCUT2D eigenvalue weighted by Gasteiger charge is -2.13. The van der Waals surface area contributed by atoms with Crippen molar-refractivity contribution in [3.8, 4) is 11.3 Å². The van der Waals surface area contributed by atoms with Gasteiger partial charge in [0.1, 0.15) is 5.69 Å². The highest BCUT2D eigenvalue weighted by Crippen LogP contribution is 2.24. The predicted octanol–water partition coefficient (Wildman–Crippen LogP) is 2.84. The number of nitrogens with two attached hydrogens (primary N) is 1. The zero-order chi connectivity index (χ0) is 14.8. The second kappa shape index (κ2) is 7.13. The van der Waals surface area contributed by atoms with Gasteiger partial charge < -0.3 is 15.2 Å². The van der Waals surface area contributed by atoms with Gasteiger partial charge in [0.15, 0.2) is 0 Å². The minimum Gasteiger partial charge on any atom is -0.350 e. The van der Waals surface area contributed by atoms with Crippen molar-refractivity contribution in [3.05, 3.63) is 41.1 Å². The molecule has 0 aliphatic carbocycles. The fourth-order valence-corrected chi connectivity index (χ4v) is 2.72. The SMILES string of the molecule is Cl.NCC1CCN(C(=O)c2cc(-c3cccc(Cl)c3)no2)C1. The van der Waals surface area contributed by atoms with Gasteiger partial charge in [0, 0.05) is 29.7 Å². The van der Waals surface area contributed by atoms with E-state index in [0.29, 0.717) is 36.3 Å². The van der Waals surface area contributed by atoms with E-state index >= 15 is 0 Å². The Kier molecular flexibility index (Phi) is 5.45. The van der Waals surface area contributed by atoms with Gasteiger partial charge in [-0.15, -0.1) is 12.4 Å². The molecule has 118 valence electrons. The molecule has 1 amide bonds. The Morgan fingerprint density at radius 1 is 1.45 bits per heavy atom. The van der Waals surface area contributed by atoms with E-state index in [9.17, 15) is 4.79 Å². The number of benzene rings is 1. The van der Waals surface area contributed by atoms with Gasteiger partial charge in [0.25, 0.3) is 5.91 Å². The van der Waals surface area contributed by atoms with E-state index in [0.717, 1.165) is 12.0 Å². The van der Waals surface area contributed by atoms with E-state index in [1.54, 1.807) is 23.1 Å². The summed E-state index contributed by atoms with van der Waals surface area (Å²) in [6.45, 7) is 2.00. The number of hydrogen-bond donors (Lipinski definition) is 1. The Labute approximate surface area is 139 Å². The molecule has 2 N–H and O–H groups in total. The average molecular weight is 342 g/mol. The van der Waals surface area contributed by atoms with Crippen LogP contribution in [0.25, 0.3) is 11.3 Å². The molecule has 0 bridgehead atoms. The Bertz CT molecular complexity index is 660. The van der Waals surface area contributed by atoms with Crippen molar-refractivity contribution in [2.75, 3.05) is 19.6 Å². The highest BCUT2D eigenvalue weighted by atomic mass is 35.5. The van der Waals surface area contributed by atoms with E-state index in [4.69, 9.17) is 21.9 Å². The first-order valence-corrected chi connectivity index (χ1v) is 7.27. The number of amides is 1. The van der Waals surface area contributed by atoms with Crippen molar-refractivity contribution in [3.63, 3.8) is 0 Å². The molecule has 0 spiro atoms. The molecule has 2 aromatic rings. The van der Waals surface area contributed by atoms with Crippen molar-refractivity contribution in [1.82, 2.24) is 10.1 Å². The number of rotatable bonds is 3. The van der Waals surface area contributed by atoms with Crippen molar-refractivity contribution >= 4 is 29.9 Å². The van der Waals surface area contributed by atoms with Gasteiger partial charge in [-0.3, -0.25) is 4.79 Å². The van der Waals surface area contributed by atoms with Gasteiger partial charge in [-0.1, -0.05) is 28.9 Å². The standard InChI is InChI=1S/C15H16ClN3O2.ClH/c16-12-3-1-2-11(6-12)13-7-14(21-18-13)15(20)19-5-4-10(8-17)9-19;/h1-3,6-7,10H,4-5,8-9,17H2;1H. The lowest BCUT2D eigenvalue weighted by Crippen LogP contribution is -2.29. The van der Waals surface area contributed by atoms with E-state index in [1.807, 2.05) is 12.1 Å². The highest BCUT2D eigenvalue weighted by Gasteiger charge is 2.28. The van der Waals surface area contributed by atoms with Gasteiger partial charge >= 0.3 is 0 Å². The molecule has 5 nitrogen and oxygen atoms in total. The summed E-state index contributed by atoms with van der Waals surface area (Å²) in [6, 6.07) is 8.94. The molecule has 1 fully saturated rings. The maximum Gasteiger partial charge on any atom is 0.292 e. The summed E-state index contributed by atoms with van der Waals surface area (Å²) in [5.41, 5.74) is 7.08. The van der Waals surface area contributed by atoms with Crippen LogP contribution in [0.4, 0.5) is 0 Å². The van der Waals surface area contributed by atoms with Gasteiger partial charge in [0.05, 0.1) is 0 Å². The number of likely N-dealkylation sites (tertiary alicyclic amines) is 1. The Morgan fingerprint density at radius 2 is 2.27 bits per heavy atom. The normalized spacial score (nSPS) is 17.4. The second-order valence-corrected chi connectivity index (χ2v) is 5.66. The first-order chi connectivity index (χ1) is 10.2. The zero-order valence-corrected chi connectivity index (χ0v) is 13.4. The summed E-state index contributed by atoms with van der Waals surface area (Å²) in [5.74, 6) is 0.499. The molecule has 0 radical (unpaired) electrons. The van der Waals surface area contributed by atoms with E-state index in [2.05, 4.69) is 5.16 Å². The summed E-state index contributed by atoms with van der Waals surface area (Å²) in [6.07, 6.45) is 0.942. The smallest absolute Gasteiger partial charge is 0.292 e. The Morgan fingerprint density at radius 3 is 2.95 bits per heavy atom. The molecule has 1 aromatic carbocycles. The number of carbonyl (C=O) groups excluding carboxylic acids is 1. The van der Waals surface area contributed by atoms with E-state index < -0.39 is 0 Å². The minimum atomic E-state index is -0.133. The quantitative estimate of drug-likeness (QED) is 0.931. The third kappa shape index (κ3) is 3.43. The molecule has 1 atom stereocenters. The number of hydrogen-bond acceptors (Lipinski definition) is 4. The van der Waals surface area contributed by atoms with Crippen LogP contribution in [0, 0.1) is 5.92 Å². The van der Waals surface area contributed by atoms with Gasteiger partial charge in [-0.05, 0) is 31.0 Å². The summed E-state index contributed by atoms with van der Waals surface area (Å²) in [7, 11) is 0. The van der Waals surface area contributed by atoms with Crippen molar-refractivity contribution in [2.45, 2.75) is 6.42 Å². The van der Waals surface area contributed by atoms with Crippen LogP contribution in [0.2, 0.25) is 5.02 Å². The van der Waals surface area contributed by atoms with E-state index in [1.165, 1.54) is 0 Å². The average Bonchev–Trinajstić information content (AvgIpc) is 3.16. The summed E-state index contributed by atoms with van der Waals surface area (Å²) < 4.78 is 5.19. The highest BCUT2D eigenvalue weighted by molar-refractivity contribution is 6.30. The first kappa shape index (κ1) is 16.8. The lowest BCUT2D eigenvalue weighted by atomic mass is 10.1. The molecule has 22 heavy (non-hydrogen) atoms. The monoisotopic (exact) mass is 341 g/mol. The molecule has 1 aliphatic heterocycles. The molecule has 1 saturated heterocycles. The van der Waals surface area contributed by atoms with Crippen LogP contribution in [0.15, 0.2) is 34.9 Å². The molecule has 1 aromatic heterocycles. The maximum atomic E-state index is 12.3. The molecule has 3 rings (SSSR count). The van der Waals surface area contributed by atoms with Crippen LogP contribution >= 0.6 is 24.0 Å². The number of carbonyl (C=O) groups is 1.